The van der Waals surface area contributed by atoms with Gasteiger partial charge < -0.3 is 24.5 Å². The molecule has 3 N–H and O–H groups in total. The Morgan fingerprint density at radius 1 is 1.00 bits per heavy atom. The monoisotopic (exact) mass is 472 g/mol. The number of carbonyl (C=O) groups is 4. The number of rotatable bonds is 8. The Kier molecular flexibility index (Phi) is 13.0. The molecule has 0 aromatic carbocycles. The Morgan fingerprint density at radius 3 is 2.12 bits per heavy atom. The average molecular weight is 472 g/mol. The van der Waals surface area contributed by atoms with Gasteiger partial charge in [0.1, 0.15) is 12.6 Å². The predicted molar refractivity (Wildman–Crippen MR) is 117 cm³/mol. The summed E-state index contributed by atoms with van der Waals surface area (Å²) in [5.41, 5.74) is 4.35. The van der Waals surface area contributed by atoms with Crippen LogP contribution < -0.4 is 11.3 Å². The highest BCUT2D eigenvalue weighted by Gasteiger charge is 2.16. The molecule has 3 rings (SSSR count). The molecule has 0 bridgehead atoms. The van der Waals surface area contributed by atoms with Gasteiger partial charge in [-0.05, 0) is 26.0 Å². The third-order valence-corrected chi connectivity index (χ3v) is 3.53. The summed E-state index contributed by atoms with van der Waals surface area (Å²) >= 11 is 0. The molecule has 0 spiro atoms. The first-order chi connectivity index (χ1) is 16.5. The van der Waals surface area contributed by atoms with E-state index in [0.29, 0.717) is 12.2 Å². The number of aldehydes is 2. The molecule has 14 heteroatoms. The maximum Gasteiger partial charge on any atom is 0.341 e. The predicted octanol–water partition coefficient (Wildman–Crippen LogP) is 0.165. The van der Waals surface area contributed by atoms with E-state index >= 15 is 0 Å². The van der Waals surface area contributed by atoms with E-state index in [4.69, 9.17) is 10.6 Å². The number of ether oxygens (including phenoxy) is 2. The fourth-order valence-electron chi connectivity index (χ4n) is 1.96. The molecule has 0 unspecified atom stereocenters. The van der Waals surface area contributed by atoms with Crippen LogP contribution in [0.1, 0.15) is 24.2 Å². The molecule has 0 fully saturated rings. The minimum atomic E-state index is -1.25. The van der Waals surface area contributed by atoms with E-state index < -0.39 is 11.9 Å². The van der Waals surface area contributed by atoms with Gasteiger partial charge in [-0.15, -0.1) is 0 Å². The second kappa shape index (κ2) is 16.1. The molecule has 0 amide bonds. The molecule has 0 saturated carbocycles. The summed E-state index contributed by atoms with van der Waals surface area (Å²) < 4.78 is 10.8. The van der Waals surface area contributed by atoms with Gasteiger partial charge in [-0.2, -0.15) is 25.5 Å². The van der Waals surface area contributed by atoms with Gasteiger partial charge in [0.25, 0.3) is 0 Å². The molecule has 0 aliphatic carbocycles. The van der Waals surface area contributed by atoms with E-state index in [2.05, 4.69) is 35.7 Å². The number of esters is 2. The summed E-state index contributed by atoms with van der Waals surface area (Å²) in [6, 6.07) is 3.47. The van der Waals surface area contributed by atoms with E-state index in [1.165, 1.54) is 6.20 Å². The summed E-state index contributed by atoms with van der Waals surface area (Å²) in [7, 11) is 0. The number of hydrazine groups is 1. The second-order valence-electron chi connectivity index (χ2n) is 5.82. The van der Waals surface area contributed by atoms with Gasteiger partial charge in [-0.3, -0.25) is 10.6 Å². The zero-order valence-corrected chi connectivity index (χ0v) is 18.5. The maximum atomic E-state index is 11.4. The van der Waals surface area contributed by atoms with Gasteiger partial charge in [0.15, 0.2) is 5.92 Å². The van der Waals surface area contributed by atoms with Crippen molar-refractivity contribution < 1.29 is 28.7 Å². The van der Waals surface area contributed by atoms with Crippen LogP contribution in [0, 0.1) is 5.92 Å². The van der Waals surface area contributed by atoms with Crippen molar-refractivity contribution in [1.29, 1.82) is 0 Å². The third-order valence-electron chi connectivity index (χ3n) is 3.53. The second-order valence-corrected chi connectivity index (χ2v) is 5.82. The number of nitrogens with one attached hydrogen (secondary N) is 1. The zero-order valence-electron chi connectivity index (χ0n) is 18.5. The van der Waals surface area contributed by atoms with Crippen LogP contribution in [-0.4, -0.2) is 67.9 Å². The molecule has 180 valence electrons. The third kappa shape index (κ3) is 9.69. The minimum Gasteiger partial charge on any atom is -0.465 e. The van der Waals surface area contributed by atoms with Gasteiger partial charge in [0.2, 0.25) is 0 Å². The topological polar surface area (TPSA) is 194 Å². The molecule has 0 atom stereocenters. The van der Waals surface area contributed by atoms with Crippen molar-refractivity contribution in [3.63, 3.8) is 0 Å². The van der Waals surface area contributed by atoms with Crippen LogP contribution in [-0.2, 0) is 23.9 Å². The van der Waals surface area contributed by atoms with Crippen molar-refractivity contribution in [2.24, 2.45) is 11.8 Å². The lowest BCUT2D eigenvalue weighted by Crippen LogP contribution is -2.19. The first kappa shape index (κ1) is 27.4. The Hall–Kier alpha value is -4.59. The van der Waals surface area contributed by atoms with Crippen molar-refractivity contribution in [2.75, 3.05) is 18.6 Å². The minimum absolute atomic E-state index is 0.178. The number of hydrogen-bond donors (Lipinski definition) is 2. The van der Waals surface area contributed by atoms with Crippen molar-refractivity contribution >= 4 is 30.2 Å². The van der Waals surface area contributed by atoms with Crippen LogP contribution in [0.2, 0.25) is 0 Å². The number of nitrogen functional groups attached to an aromatic ring is 1. The van der Waals surface area contributed by atoms with E-state index in [1.807, 2.05) is 0 Å². The smallest absolute Gasteiger partial charge is 0.341 e. The van der Waals surface area contributed by atoms with E-state index in [9.17, 15) is 19.2 Å². The summed E-state index contributed by atoms with van der Waals surface area (Å²) in [6.07, 6.45) is 9.78. The molecule has 0 aliphatic heterocycles. The Balaban J connectivity index is 0.000000277. The lowest BCUT2D eigenvalue weighted by Gasteiger charge is -2.00. The van der Waals surface area contributed by atoms with Crippen molar-refractivity contribution in [3.05, 3.63) is 54.9 Å². The SMILES string of the molecule is CCOC(=O)C(C=O)C=O.CCOC(=O)c1cnn(-c2ccnnc2)c1.NNc1ccnnc1. The Morgan fingerprint density at radius 2 is 1.65 bits per heavy atom. The van der Waals surface area contributed by atoms with E-state index in [1.54, 1.807) is 61.6 Å². The number of anilines is 1. The number of nitrogens with two attached hydrogens (primary N) is 1. The van der Waals surface area contributed by atoms with Crippen molar-refractivity contribution in [1.82, 2.24) is 30.2 Å². The maximum absolute atomic E-state index is 11.4. The molecule has 3 heterocycles. The molecule has 0 radical (unpaired) electrons. The highest BCUT2D eigenvalue weighted by Crippen LogP contribution is 2.06. The van der Waals surface area contributed by atoms with Crippen LogP contribution in [0.5, 0.6) is 0 Å². The van der Waals surface area contributed by atoms with Crippen LogP contribution in [0.25, 0.3) is 5.69 Å². The van der Waals surface area contributed by atoms with Gasteiger partial charge in [-0.1, -0.05) is 0 Å². The molecule has 3 aromatic heterocycles. The van der Waals surface area contributed by atoms with Gasteiger partial charge >= 0.3 is 11.9 Å². The largest absolute Gasteiger partial charge is 0.465 e. The molecule has 3 aromatic rings. The van der Waals surface area contributed by atoms with Gasteiger partial charge in [0.05, 0.1) is 61.1 Å². The molecule has 14 nitrogen and oxygen atoms in total. The van der Waals surface area contributed by atoms with Gasteiger partial charge in [-0.25, -0.2) is 9.48 Å². The van der Waals surface area contributed by atoms with Gasteiger partial charge in [0, 0.05) is 6.20 Å². The molecular weight excluding hydrogens is 448 g/mol. The lowest BCUT2D eigenvalue weighted by molar-refractivity contribution is -0.150. The van der Waals surface area contributed by atoms with Crippen LogP contribution >= 0.6 is 0 Å². The standard InChI is InChI=1S/C10H10N4O2.C6H8O4.C4H6N4/c1-2-16-10(15)8-5-13-14(7-8)9-3-4-11-12-6-9;1-2-10-6(9)5(3-7)4-8;5-8-4-1-2-6-7-3-4/h3-7H,2H2,1H3;3-5H,2H2,1H3;1-3H,5H2,(H,6,8). The summed E-state index contributed by atoms with van der Waals surface area (Å²) in [4.78, 5) is 41.7. The highest BCUT2D eigenvalue weighted by molar-refractivity contribution is 6.02. The average Bonchev–Trinajstić information content (AvgIpc) is 3.38. The Labute approximate surface area is 194 Å². The number of nitrogens with zero attached hydrogens (tertiary/aromatic N) is 6. The Bertz CT molecular complexity index is 1010. The number of aromatic nitrogens is 6. The van der Waals surface area contributed by atoms with Crippen LogP contribution in [0.4, 0.5) is 5.69 Å². The quantitative estimate of drug-likeness (QED) is 0.148. The number of hydrogen-bond acceptors (Lipinski definition) is 13. The van der Waals surface area contributed by atoms with E-state index in [0.717, 1.165) is 11.4 Å². The molecular formula is C20H24N8O6. The molecule has 0 aliphatic rings. The fraction of sp³-hybridized carbons (Fsp3) is 0.250. The molecule has 34 heavy (non-hydrogen) atoms. The lowest BCUT2D eigenvalue weighted by atomic mass is 10.2. The summed E-state index contributed by atoms with van der Waals surface area (Å²) in [5, 5.41) is 18.5. The first-order valence-electron chi connectivity index (χ1n) is 9.79. The summed E-state index contributed by atoms with van der Waals surface area (Å²) in [6.45, 7) is 3.89. The van der Waals surface area contributed by atoms with E-state index in [-0.39, 0.29) is 25.1 Å². The highest BCUT2D eigenvalue weighted by atomic mass is 16.5. The number of carbonyl (C=O) groups excluding carboxylic acids is 4. The molecule has 0 saturated heterocycles. The first-order valence-corrected chi connectivity index (χ1v) is 9.79. The van der Waals surface area contributed by atoms with Crippen LogP contribution in [0.3, 0.4) is 0 Å². The van der Waals surface area contributed by atoms with Crippen LogP contribution in [0.15, 0.2) is 49.3 Å². The fourth-order valence-corrected chi connectivity index (χ4v) is 1.96. The van der Waals surface area contributed by atoms with Crippen molar-refractivity contribution in [2.45, 2.75) is 13.8 Å². The zero-order chi connectivity index (χ0) is 25.2. The normalized spacial score (nSPS) is 9.41. The summed E-state index contributed by atoms with van der Waals surface area (Å²) in [5.74, 6) is 2.62. The van der Waals surface area contributed by atoms with Crippen molar-refractivity contribution in [3.8, 4) is 5.69 Å².